The lowest BCUT2D eigenvalue weighted by Crippen LogP contribution is -2.19. The normalized spacial score (nSPS) is 21.1. The van der Waals surface area contributed by atoms with Crippen LogP contribution in [-0.4, -0.2) is 18.5 Å². The fourth-order valence-electron chi connectivity index (χ4n) is 1.63. The number of carbonyl (C=O) groups is 1. The van der Waals surface area contributed by atoms with Gasteiger partial charge in [-0.05, 0) is 32.6 Å². The van der Waals surface area contributed by atoms with E-state index < -0.39 is 0 Å². The Morgan fingerprint density at radius 1 is 1.50 bits per heavy atom. The Balaban J connectivity index is 2.11. The fourth-order valence-corrected chi connectivity index (χ4v) is 1.63. The van der Waals surface area contributed by atoms with Gasteiger partial charge < -0.3 is 4.74 Å². The molecule has 1 saturated heterocycles. The number of ether oxygens (including phenoxy) is 1. The van der Waals surface area contributed by atoms with E-state index in [1.54, 1.807) is 6.92 Å². The van der Waals surface area contributed by atoms with Gasteiger partial charge in [-0.25, -0.2) is 0 Å². The molecule has 1 aliphatic rings. The summed E-state index contributed by atoms with van der Waals surface area (Å²) in [5.41, 5.74) is 0. The number of rotatable bonds is 4. The molecule has 2 nitrogen and oxygen atoms in total. The molecule has 1 heterocycles. The molecule has 0 N–H and O–H groups in total. The van der Waals surface area contributed by atoms with Gasteiger partial charge in [0.2, 0.25) is 0 Å². The van der Waals surface area contributed by atoms with Crippen molar-refractivity contribution in [3.8, 4) is 11.8 Å². The SMILES string of the molecule is CC#CCC(=O)CCC1CCCCO1. The lowest BCUT2D eigenvalue weighted by Gasteiger charge is -2.21. The summed E-state index contributed by atoms with van der Waals surface area (Å²) in [7, 11) is 0. The number of carbonyl (C=O) groups excluding carboxylic acids is 1. The summed E-state index contributed by atoms with van der Waals surface area (Å²) < 4.78 is 5.54. The standard InChI is InChI=1S/C12H18O2/c1-2-3-6-11(13)8-9-12-7-4-5-10-14-12/h12H,4-10H2,1H3. The second-order valence-electron chi connectivity index (χ2n) is 3.67. The summed E-state index contributed by atoms with van der Waals surface area (Å²) >= 11 is 0. The van der Waals surface area contributed by atoms with E-state index in [0.717, 1.165) is 19.4 Å². The minimum Gasteiger partial charge on any atom is -0.378 e. The summed E-state index contributed by atoms with van der Waals surface area (Å²) in [4.78, 5) is 11.3. The zero-order valence-corrected chi connectivity index (χ0v) is 8.84. The van der Waals surface area contributed by atoms with Crippen LogP contribution < -0.4 is 0 Å². The van der Waals surface area contributed by atoms with Gasteiger partial charge in [-0.3, -0.25) is 4.79 Å². The topological polar surface area (TPSA) is 26.3 Å². The number of hydrogen-bond donors (Lipinski definition) is 0. The van der Waals surface area contributed by atoms with E-state index in [-0.39, 0.29) is 5.78 Å². The van der Waals surface area contributed by atoms with E-state index in [1.165, 1.54) is 12.8 Å². The Kier molecular flexibility index (Phi) is 5.32. The van der Waals surface area contributed by atoms with E-state index in [2.05, 4.69) is 11.8 Å². The van der Waals surface area contributed by atoms with Crippen LogP contribution in [0.15, 0.2) is 0 Å². The molecule has 14 heavy (non-hydrogen) atoms. The van der Waals surface area contributed by atoms with Crippen molar-refractivity contribution in [1.82, 2.24) is 0 Å². The average molecular weight is 194 g/mol. The van der Waals surface area contributed by atoms with Gasteiger partial charge in [0.05, 0.1) is 12.5 Å². The Labute approximate surface area is 86.0 Å². The highest BCUT2D eigenvalue weighted by molar-refractivity contribution is 5.80. The smallest absolute Gasteiger partial charge is 0.144 e. The zero-order valence-electron chi connectivity index (χ0n) is 8.84. The van der Waals surface area contributed by atoms with Crippen molar-refractivity contribution in [3.63, 3.8) is 0 Å². The van der Waals surface area contributed by atoms with Crippen LogP contribution in [0.5, 0.6) is 0 Å². The molecule has 78 valence electrons. The molecule has 0 amide bonds. The summed E-state index contributed by atoms with van der Waals surface area (Å²) in [5.74, 6) is 5.77. The van der Waals surface area contributed by atoms with Crippen LogP contribution in [0.2, 0.25) is 0 Å². The van der Waals surface area contributed by atoms with Gasteiger partial charge >= 0.3 is 0 Å². The molecule has 1 fully saturated rings. The van der Waals surface area contributed by atoms with Crippen molar-refractivity contribution in [2.75, 3.05) is 6.61 Å². The number of Topliss-reactive ketones (excluding diaryl/α,β-unsaturated/α-hetero) is 1. The van der Waals surface area contributed by atoms with Crippen molar-refractivity contribution in [1.29, 1.82) is 0 Å². The molecule has 0 aromatic rings. The van der Waals surface area contributed by atoms with Crippen LogP contribution in [0.4, 0.5) is 0 Å². The maximum atomic E-state index is 11.3. The minimum atomic E-state index is 0.244. The summed E-state index contributed by atoms with van der Waals surface area (Å²) in [6.45, 7) is 2.63. The number of hydrogen-bond acceptors (Lipinski definition) is 2. The van der Waals surface area contributed by atoms with Crippen LogP contribution in [0, 0.1) is 11.8 Å². The van der Waals surface area contributed by atoms with Gasteiger partial charge in [0, 0.05) is 13.0 Å². The van der Waals surface area contributed by atoms with Gasteiger partial charge in [-0.2, -0.15) is 0 Å². The predicted molar refractivity (Wildman–Crippen MR) is 55.9 cm³/mol. The van der Waals surface area contributed by atoms with Crippen LogP contribution in [0.25, 0.3) is 0 Å². The molecule has 0 aliphatic carbocycles. The molecule has 0 radical (unpaired) electrons. The van der Waals surface area contributed by atoms with Crippen molar-refractivity contribution in [2.45, 2.75) is 51.6 Å². The number of ketones is 1. The van der Waals surface area contributed by atoms with E-state index in [9.17, 15) is 4.79 Å². The van der Waals surface area contributed by atoms with Crippen LogP contribution in [0.3, 0.4) is 0 Å². The Hall–Kier alpha value is -0.810. The van der Waals surface area contributed by atoms with E-state index in [4.69, 9.17) is 4.74 Å². The predicted octanol–water partition coefficient (Wildman–Crippen LogP) is 2.32. The summed E-state index contributed by atoms with van der Waals surface area (Å²) in [5, 5.41) is 0. The van der Waals surface area contributed by atoms with E-state index >= 15 is 0 Å². The highest BCUT2D eigenvalue weighted by Gasteiger charge is 2.14. The van der Waals surface area contributed by atoms with Crippen molar-refractivity contribution in [3.05, 3.63) is 0 Å². The molecule has 1 atom stereocenters. The van der Waals surface area contributed by atoms with E-state index in [0.29, 0.717) is 18.9 Å². The first-order valence-electron chi connectivity index (χ1n) is 5.36. The average Bonchev–Trinajstić information content (AvgIpc) is 2.25. The Morgan fingerprint density at radius 3 is 3.00 bits per heavy atom. The zero-order chi connectivity index (χ0) is 10.2. The molecular weight excluding hydrogens is 176 g/mol. The second kappa shape index (κ2) is 6.62. The largest absolute Gasteiger partial charge is 0.378 e. The maximum absolute atomic E-state index is 11.3. The van der Waals surface area contributed by atoms with Gasteiger partial charge in [0.15, 0.2) is 0 Å². The summed E-state index contributed by atoms with van der Waals surface area (Å²) in [6.07, 6.45) is 5.76. The molecule has 1 unspecified atom stereocenters. The molecule has 0 saturated carbocycles. The van der Waals surface area contributed by atoms with Crippen LogP contribution >= 0.6 is 0 Å². The van der Waals surface area contributed by atoms with Crippen molar-refractivity contribution in [2.24, 2.45) is 0 Å². The Bertz CT molecular complexity index is 228. The monoisotopic (exact) mass is 194 g/mol. The second-order valence-corrected chi connectivity index (χ2v) is 3.67. The molecular formula is C12H18O2. The van der Waals surface area contributed by atoms with Crippen LogP contribution in [0.1, 0.15) is 45.4 Å². The highest BCUT2D eigenvalue weighted by atomic mass is 16.5. The third kappa shape index (κ3) is 4.43. The van der Waals surface area contributed by atoms with Gasteiger partial charge in [-0.1, -0.05) is 5.92 Å². The third-order valence-corrected chi connectivity index (χ3v) is 2.48. The molecule has 0 aromatic heterocycles. The minimum absolute atomic E-state index is 0.244. The Morgan fingerprint density at radius 2 is 2.36 bits per heavy atom. The molecule has 2 heteroatoms. The fraction of sp³-hybridized carbons (Fsp3) is 0.750. The first-order valence-corrected chi connectivity index (χ1v) is 5.36. The molecule has 1 aliphatic heterocycles. The highest BCUT2D eigenvalue weighted by Crippen LogP contribution is 2.17. The van der Waals surface area contributed by atoms with Gasteiger partial charge in [-0.15, -0.1) is 5.92 Å². The summed E-state index contributed by atoms with van der Waals surface area (Å²) in [6, 6.07) is 0. The van der Waals surface area contributed by atoms with E-state index in [1.807, 2.05) is 0 Å². The van der Waals surface area contributed by atoms with Crippen LogP contribution in [-0.2, 0) is 9.53 Å². The quantitative estimate of drug-likeness (QED) is 0.642. The molecule has 0 aromatic carbocycles. The van der Waals surface area contributed by atoms with Gasteiger partial charge in [0.1, 0.15) is 5.78 Å². The molecule has 1 rings (SSSR count). The molecule has 0 spiro atoms. The molecule has 0 bridgehead atoms. The first-order chi connectivity index (χ1) is 6.83. The van der Waals surface area contributed by atoms with Gasteiger partial charge in [0.25, 0.3) is 0 Å². The first kappa shape index (κ1) is 11.3. The van der Waals surface area contributed by atoms with Crippen molar-refractivity contribution < 1.29 is 9.53 Å². The third-order valence-electron chi connectivity index (χ3n) is 2.48. The lowest BCUT2D eigenvalue weighted by atomic mass is 10.0. The maximum Gasteiger partial charge on any atom is 0.144 e. The lowest BCUT2D eigenvalue weighted by molar-refractivity contribution is -0.119. The van der Waals surface area contributed by atoms with Crippen molar-refractivity contribution >= 4 is 5.78 Å².